The maximum Gasteiger partial charge on any atom is 0.319 e. The van der Waals surface area contributed by atoms with E-state index in [4.69, 9.17) is 0 Å². The van der Waals surface area contributed by atoms with E-state index < -0.39 is 5.97 Å². The second-order valence-corrected chi connectivity index (χ2v) is 7.36. The van der Waals surface area contributed by atoms with Crippen molar-refractivity contribution in [3.63, 3.8) is 0 Å². The molecule has 0 amide bonds. The summed E-state index contributed by atoms with van der Waals surface area (Å²) in [6.07, 6.45) is 9.57. The van der Waals surface area contributed by atoms with Crippen molar-refractivity contribution in [1.82, 2.24) is 0 Å². The van der Waals surface area contributed by atoms with E-state index in [2.05, 4.69) is 0 Å². The Morgan fingerprint density at radius 3 is 2.27 bits per heavy atom. The highest BCUT2D eigenvalue weighted by atomic mass is 32.2. The van der Waals surface area contributed by atoms with Crippen LogP contribution in [0, 0.1) is 5.41 Å². The Kier molecular flexibility index (Phi) is 2.11. The van der Waals surface area contributed by atoms with Gasteiger partial charge in [-0.2, -0.15) is 0 Å². The van der Waals surface area contributed by atoms with Crippen molar-refractivity contribution >= 4 is 17.7 Å². The zero-order chi connectivity index (χ0) is 10.5. The highest BCUT2D eigenvalue weighted by Gasteiger charge is 2.65. The summed E-state index contributed by atoms with van der Waals surface area (Å²) in [5.74, 6) is -0.545. The van der Waals surface area contributed by atoms with E-state index in [1.165, 1.54) is 38.5 Å². The molecular weight excluding hydrogens is 208 g/mol. The molecule has 0 aliphatic heterocycles. The van der Waals surface area contributed by atoms with Gasteiger partial charge < -0.3 is 5.11 Å². The van der Waals surface area contributed by atoms with E-state index in [0.29, 0.717) is 10.7 Å². The summed E-state index contributed by atoms with van der Waals surface area (Å²) in [4.78, 5) is 11.4. The molecule has 0 bridgehead atoms. The smallest absolute Gasteiger partial charge is 0.319 e. The molecule has 3 heteroatoms. The Morgan fingerprint density at radius 2 is 1.80 bits per heavy atom. The van der Waals surface area contributed by atoms with E-state index in [9.17, 15) is 9.90 Å². The number of carboxylic acid groups (broad SMARTS) is 1. The minimum absolute atomic E-state index is 0.383. The first-order valence-corrected chi connectivity index (χ1v) is 6.94. The number of hydrogen-bond acceptors (Lipinski definition) is 2. The fourth-order valence-corrected chi connectivity index (χ4v) is 5.39. The minimum Gasteiger partial charge on any atom is -0.480 e. The predicted octanol–water partition coefficient (Wildman–Crippen LogP) is 3.06. The monoisotopic (exact) mass is 226 g/mol. The van der Waals surface area contributed by atoms with Gasteiger partial charge in [0.25, 0.3) is 0 Å². The molecule has 3 fully saturated rings. The Morgan fingerprint density at radius 1 is 1.20 bits per heavy atom. The van der Waals surface area contributed by atoms with E-state index in [-0.39, 0.29) is 4.75 Å². The summed E-state index contributed by atoms with van der Waals surface area (Å²) >= 11 is 1.79. The summed E-state index contributed by atoms with van der Waals surface area (Å²) < 4.78 is -0.383. The van der Waals surface area contributed by atoms with Gasteiger partial charge >= 0.3 is 5.97 Å². The van der Waals surface area contributed by atoms with Crippen LogP contribution in [-0.4, -0.2) is 21.1 Å². The molecule has 0 unspecified atom stereocenters. The van der Waals surface area contributed by atoms with Crippen LogP contribution in [0.3, 0.4) is 0 Å². The summed E-state index contributed by atoms with van der Waals surface area (Å²) in [5.41, 5.74) is 0.490. The average molecular weight is 226 g/mol. The third-order valence-electron chi connectivity index (χ3n) is 4.36. The molecule has 0 aromatic carbocycles. The fraction of sp³-hybridized carbons (Fsp3) is 0.917. The first kappa shape index (κ1) is 10.0. The molecule has 0 saturated heterocycles. The number of hydrogen-bond donors (Lipinski definition) is 1. The average Bonchev–Trinajstić information content (AvgIpc) is 2.73. The summed E-state index contributed by atoms with van der Waals surface area (Å²) in [6.45, 7) is 0. The van der Waals surface area contributed by atoms with Gasteiger partial charge in [-0.3, -0.25) is 4.79 Å². The molecule has 84 valence electrons. The van der Waals surface area contributed by atoms with Gasteiger partial charge in [-0.05, 0) is 43.9 Å². The SMILES string of the molecule is O=C(O)C1(SC2CCCC2)CC2(CC2)C1. The van der Waals surface area contributed by atoms with Crippen LogP contribution in [-0.2, 0) is 4.79 Å². The van der Waals surface area contributed by atoms with Gasteiger partial charge in [0.1, 0.15) is 4.75 Å². The first-order valence-electron chi connectivity index (χ1n) is 6.06. The van der Waals surface area contributed by atoms with E-state index in [1.807, 2.05) is 0 Å². The van der Waals surface area contributed by atoms with Gasteiger partial charge in [0.05, 0.1) is 0 Å². The van der Waals surface area contributed by atoms with Gasteiger partial charge in [0.2, 0.25) is 0 Å². The molecule has 1 spiro atoms. The van der Waals surface area contributed by atoms with Crippen LogP contribution in [0.5, 0.6) is 0 Å². The van der Waals surface area contributed by atoms with Crippen LogP contribution in [0.15, 0.2) is 0 Å². The Hall–Kier alpha value is -0.180. The van der Waals surface area contributed by atoms with Gasteiger partial charge in [-0.1, -0.05) is 12.8 Å². The van der Waals surface area contributed by atoms with Gasteiger partial charge in [-0.25, -0.2) is 0 Å². The zero-order valence-electron chi connectivity index (χ0n) is 9.00. The van der Waals surface area contributed by atoms with Gasteiger partial charge in [0, 0.05) is 5.25 Å². The van der Waals surface area contributed by atoms with Gasteiger partial charge in [-0.15, -0.1) is 11.8 Å². The Labute approximate surface area is 94.8 Å². The molecule has 0 aromatic rings. The maximum absolute atomic E-state index is 11.4. The van der Waals surface area contributed by atoms with E-state index >= 15 is 0 Å². The first-order chi connectivity index (χ1) is 7.14. The summed E-state index contributed by atoms with van der Waals surface area (Å²) in [5, 5.41) is 10.0. The van der Waals surface area contributed by atoms with Crippen molar-refractivity contribution in [2.24, 2.45) is 5.41 Å². The topological polar surface area (TPSA) is 37.3 Å². The van der Waals surface area contributed by atoms with Crippen LogP contribution in [0.4, 0.5) is 0 Å². The molecule has 1 N–H and O–H groups in total. The molecule has 15 heavy (non-hydrogen) atoms. The predicted molar refractivity (Wildman–Crippen MR) is 61.1 cm³/mol. The molecular formula is C12H18O2S. The third kappa shape index (κ3) is 1.59. The van der Waals surface area contributed by atoms with Crippen molar-refractivity contribution in [3.8, 4) is 0 Å². The molecule has 3 aliphatic rings. The maximum atomic E-state index is 11.4. The van der Waals surface area contributed by atoms with Crippen LogP contribution >= 0.6 is 11.8 Å². The Bertz CT molecular complexity index is 282. The number of aliphatic carboxylic acids is 1. The lowest BCUT2D eigenvalue weighted by Crippen LogP contribution is -2.50. The highest BCUT2D eigenvalue weighted by Crippen LogP contribution is 2.69. The molecule has 3 aliphatic carbocycles. The van der Waals surface area contributed by atoms with Crippen molar-refractivity contribution < 1.29 is 9.90 Å². The molecule has 0 radical (unpaired) electrons. The molecule has 0 heterocycles. The zero-order valence-corrected chi connectivity index (χ0v) is 9.81. The molecule has 3 rings (SSSR count). The number of carboxylic acids is 1. The molecule has 3 saturated carbocycles. The van der Waals surface area contributed by atoms with Crippen LogP contribution < -0.4 is 0 Å². The highest BCUT2D eigenvalue weighted by molar-refractivity contribution is 8.02. The lowest BCUT2D eigenvalue weighted by atomic mass is 9.71. The van der Waals surface area contributed by atoms with Gasteiger partial charge in [0.15, 0.2) is 0 Å². The normalized spacial score (nSPS) is 31.5. The number of carbonyl (C=O) groups is 1. The number of rotatable bonds is 3. The largest absolute Gasteiger partial charge is 0.480 e. The summed E-state index contributed by atoms with van der Waals surface area (Å²) in [7, 11) is 0. The van der Waals surface area contributed by atoms with Crippen molar-refractivity contribution in [2.45, 2.75) is 61.4 Å². The van der Waals surface area contributed by atoms with Crippen LogP contribution in [0.25, 0.3) is 0 Å². The lowest BCUT2D eigenvalue weighted by Gasteiger charge is -2.46. The minimum atomic E-state index is -0.545. The second kappa shape index (κ2) is 3.16. The van der Waals surface area contributed by atoms with Crippen molar-refractivity contribution in [2.75, 3.05) is 0 Å². The second-order valence-electron chi connectivity index (χ2n) is 5.68. The van der Waals surface area contributed by atoms with Crippen molar-refractivity contribution in [1.29, 1.82) is 0 Å². The lowest BCUT2D eigenvalue weighted by molar-refractivity contribution is -0.144. The third-order valence-corrected chi connectivity index (χ3v) is 6.08. The fourth-order valence-electron chi connectivity index (χ4n) is 3.30. The molecule has 0 atom stereocenters. The molecule has 2 nitrogen and oxygen atoms in total. The Balaban J connectivity index is 1.66. The van der Waals surface area contributed by atoms with Crippen LogP contribution in [0.1, 0.15) is 51.4 Å². The summed E-state index contributed by atoms with van der Waals surface area (Å²) in [6, 6.07) is 0. The number of thioether (sulfide) groups is 1. The molecule has 0 aromatic heterocycles. The van der Waals surface area contributed by atoms with E-state index in [1.54, 1.807) is 11.8 Å². The van der Waals surface area contributed by atoms with E-state index in [0.717, 1.165) is 12.8 Å². The quantitative estimate of drug-likeness (QED) is 0.803. The standard InChI is InChI=1S/C12H18O2S/c13-10(14)12(7-11(8-12)5-6-11)15-9-3-1-2-4-9/h9H,1-8H2,(H,13,14). The van der Waals surface area contributed by atoms with Crippen molar-refractivity contribution in [3.05, 3.63) is 0 Å². The van der Waals surface area contributed by atoms with Crippen LogP contribution in [0.2, 0.25) is 0 Å².